The lowest BCUT2D eigenvalue weighted by Crippen LogP contribution is -2.43. The topological polar surface area (TPSA) is 52.2 Å². The third-order valence-electron chi connectivity index (χ3n) is 3.54. The highest BCUT2D eigenvalue weighted by Gasteiger charge is 2.18. The first-order valence-electron chi connectivity index (χ1n) is 7.02. The van der Waals surface area contributed by atoms with Gasteiger partial charge in [-0.3, -0.25) is 0 Å². The number of hydrogen-bond donors (Lipinski definition) is 1. The van der Waals surface area contributed by atoms with E-state index in [4.69, 9.17) is 18.9 Å². The van der Waals surface area contributed by atoms with Gasteiger partial charge in [-0.1, -0.05) is 0 Å². The van der Waals surface area contributed by atoms with Gasteiger partial charge in [-0.15, -0.1) is 0 Å². The average molecular weight is 296 g/mol. The molecule has 6 heteroatoms. The fraction of sp³-hybridized carbons (Fsp3) is 0.600. The molecule has 1 N–H and O–H groups in total. The third-order valence-corrected chi connectivity index (χ3v) is 3.54. The molecule has 1 aliphatic rings. The zero-order valence-electron chi connectivity index (χ0n) is 13.1. The number of hydrogen-bond acceptors (Lipinski definition) is 6. The van der Waals surface area contributed by atoms with Crippen molar-refractivity contribution < 1.29 is 18.9 Å². The summed E-state index contributed by atoms with van der Waals surface area (Å²) in [5, 5.41) is 3.37. The van der Waals surface area contributed by atoms with Crippen LogP contribution in [0.25, 0.3) is 0 Å². The van der Waals surface area contributed by atoms with Crippen LogP contribution in [-0.4, -0.2) is 65.6 Å². The van der Waals surface area contributed by atoms with Gasteiger partial charge in [-0.25, -0.2) is 0 Å². The SMILES string of the molecule is COc1cc(NCC2CN(C)CCO2)cc(OC)c1OC. The van der Waals surface area contributed by atoms with Crippen LogP contribution in [-0.2, 0) is 4.74 Å². The maximum Gasteiger partial charge on any atom is 0.203 e. The molecule has 1 aliphatic heterocycles. The zero-order valence-corrected chi connectivity index (χ0v) is 13.1. The monoisotopic (exact) mass is 296 g/mol. The lowest BCUT2D eigenvalue weighted by molar-refractivity contribution is -0.0117. The first-order chi connectivity index (χ1) is 10.2. The Kier molecular flexibility index (Phi) is 5.52. The second-order valence-electron chi connectivity index (χ2n) is 5.05. The van der Waals surface area contributed by atoms with Crippen LogP contribution in [0.3, 0.4) is 0 Å². The van der Waals surface area contributed by atoms with E-state index in [1.165, 1.54) is 0 Å². The molecular formula is C15H24N2O4. The van der Waals surface area contributed by atoms with Gasteiger partial charge in [0.2, 0.25) is 5.75 Å². The highest BCUT2D eigenvalue weighted by atomic mass is 16.5. The summed E-state index contributed by atoms with van der Waals surface area (Å²) in [5.74, 6) is 1.88. The Morgan fingerprint density at radius 1 is 1.19 bits per heavy atom. The van der Waals surface area contributed by atoms with Crippen LogP contribution in [0.2, 0.25) is 0 Å². The molecule has 1 heterocycles. The minimum absolute atomic E-state index is 0.183. The van der Waals surface area contributed by atoms with Gasteiger partial charge in [-0.05, 0) is 7.05 Å². The summed E-state index contributed by atoms with van der Waals surface area (Å²) < 4.78 is 21.7. The Morgan fingerprint density at radius 3 is 2.38 bits per heavy atom. The fourth-order valence-electron chi connectivity index (χ4n) is 2.41. The molecule has 1 fully saturated rings. The standard InChI is InChI=1S/C15H24N2O4/c1-17-5-6-21-12(10-17)9-16-11-7-13(18-2)15(20-4)14(8-11)19-3/h7-8,12,16H,5-6,9-10H2,1-4H3. The summed E-state index contributed by atoms with van der Waals surface area (Å²) in [6, 6.07) is 3.79. The van der Waals surface area contributed by atoms with Crippen LogP contribution in [0.1, 0.15) is 0 Å². The van der Waals surface area contributed by atoms with Gasteiger partial charge in [-0.2, -0.15) is 0 Å². The lowest BCUT2D eigenvalue weighted by Gasteiger charge is -2.30. The van der Waals surface area contributed by atoms with Crippen molar-refractivity contribution >= 4 is 5.69 Å². The summed E-state index contributed by atoms with van der Waals surface area (Å²) in [4.78, 5) is 2.27. The molecule has 0 bridgehead atoms. The van der Waals surface area contributed by atoms with E-state index in [0.717, 1.165) is 31.9 Å². The van der Waals surface area contributed by atoms with Crippen molar-refractivity contribution in [1.29, 1.82) is 0 Å². The normalized spacial score (nSPS) is 19.1. The largest absolute Gasteiger partial charge is 0.493 e. The van der Waals surface area contributed by atoms with Crippen molar-refractivity contribution in [3.8, 4) is 17.2 Å². The van der Waals surface area contributed by atoms with Crippen molar-refractivity contribution in [2.45, 2.75) is 6.10 Å². The number of likely N-dealkylation sites (N-methyl/N-ethyl adjacent to an activating group) is 1. The van der Waals surface area contributed by atoms with Crippen LogP contribution >= 0.6 is 0 Å². The lowest BCUT2D eigenvalue weighted by atomic mass is 10.2. The number of morpholine rings is 1. The van der Waals surface area contributed by atoms with Crippen LogP contribution < -0.4 is 19.5 Å². The van der Waals surface area contributed by atoms with Gasteiger partial charge in [0.15, 0.2) is 11.5 Å². The van der Waals surface area contributed by atoms with E-state index in [0.29, 0.717) is 17.2 Å². The molecule has 6 nitrogen and oxygen atoms in total. The van der Waals surface area contributed by atoms with Crippen LogP contribution in [0.5, 0.6) is 17.2 Å². The number of nitrogens with one attached hydrogen (secondary N) is 1. The predicted octanol–water partition coefficient (Wildman–Crippen LogP) is 1.45. The number of rotatable bonds is 6. The minimum atomic E-state index is 0.183. The maximum atomic E-state index is 5.74. The Morgan fingerprint density at radius 2 is 1.86 bits per heavy atom. The summed E-state index contributed by atoms with van der Waals surface area (Å²) in [6.45, 7) is 3.43. The van der Waals surface area contributed by atoms with Crippen molar-refractivity contribution in [2.75, 3.05) is 59.9 Å². The molecule has 0 spiro atoms. The minimum Gasteiger partial charge on any atom is -0.493 e. The molecule has 1 atom stereocenters. The average Bonchev–Trinajstić information content (AvgIpc) is 2.51. The van der Waals surface area contributed by atoms with E-state index in [9.17, 15) is 0 Å². The quantitative estimate of drug-likeness (QED) is 0.857. The Labute approximate surface area is 125 Å². The smallest absolute Gasteiger partial charge is 0.203 e. The number of ether oxygens (including phenoxy) is 4. The van der Waals surface area contributed by atoms with E-state index in [-0.39, 0.29) is 6.10 Å². The molecular weight excluding hydrogens is 272 g/mol. The molecule has 0 aliphatic carbocycles. The Balaban J connectivity index is 2.05. The molecule has 0 amide bonds. The van der Waals surface area contributed by atoms with Gasteiger partial charge in [0.1, 0.15) is 0 Å². The number of anilines is 1. The predicted molar refractivity (Wildman–Crippen MR) is 81.8 cm³/mol. The summed E-state index contributed by atoms with van der Waals surface area (Å²) >= 11 is 0. The molecule has 118 valence electrons. The van der Waals surface area contributed by atoms with Crippen molar-refractivity contribution in [1.82, 2.24) is 4.90 Å². The molecule has 1 aromatic carbocycles. The summed E-state index contributed by atoms with van der Waals surface area (Å²) in [5.41, 5.74) is 0.918. The highest BCUT2D eigenvalue weighted by molar-refractivity contribution is 5.62. The molecule has 0 saturated carbocycles. The van der Waals surface area contributed by atoms with E-state index < -0.39 is 0 Å². The Bertz CT molecular complexity index is 442. The number of nitrogens with zero attached hydrogens (tertiary/aromatic N) is 1. The van der Waals surface area contributed by atoms with Crippen LogP contribution in [0.4, 0.5) is 5.69 Å². The second-order valence-corrected chi connectivity index (χ2v) is 5.05. The molecule has 2 rings (SSSR count). The van der Waals surface area contributed by atoms with E-state index >= 15 is 0 Å². The van der Waals surface area contributed by atoms with Crippen LogP contribution in [0.15, 0.2) is 12.1 Å². The van der Waals surface area contributed by atoms with E-state index in [1.807, 2.05) is 12.1 Å². The fourth-order valence-corrected chi connectivity index (χ4v) is 2.41. The second kappa shape index (κ2) is 7.38. The molecule has 1 unspecified atom stereocenters. The summed E-state index contributed by atoms with van der Waals surface area (Å²) in [6.07, 6.45) is 0.183. The van der Waals surface area contributed by atoms with Gasteiger partial charge < -0.3 is 29.2 Å². The van der Waals surface area contributed by atoms with E-state index in [2.05, 4.69) is 17.3 Å². The molecule has 21 heavy (non-hydrogen) atoms. The van der Waals surface area contributed by atoms with Crippen molar-refractivity contribution in [3.05, 3.63) is 12.1 Å². The molecule has 0 aromatic heterocycles. The summed E-state index contributed by atoms with van der Waals surface area (Å²) in [7, 11) is 6.93. The van der Waals surface area contributed by atoms with E-state index in [1.54, 1.807) is 21.3 Å². The zero-order chi connectivity index (χ0) is 15.2. The first-order valence-corrected chi connectivity index (χ1v) is 7.02. The van der Waals surface area contributed by atoms with Gasteiger partial charge in [0, 0.05) is 37.5 Å². The number of methoxy groups -OCH3 is 3. The van der Waals surface area contributed by atoms with Crippen LogP contribution in [0, 0.1) is 0 Å². The third kappa shape index (κ3) is 3.92. The maximum absolute atomic E-state index is 5.74. The van der Waals surface area contributed by atoms with Gasteiger partial charge in [0.05, 0.1) is 34.0 Å². The first kappa shape index (κ1) is 15.7. The molecule has 0 radical (unpaired) electrons. The Hall–Kier alpha value is -1.66. The molecule has 1 aromatic rings. The van der Waals surface area contributed by atoms with Gasteiger partial charge in [0.25, 0.3) is 0 Å². The van der Waals surface area contributed by atoms with Crippen molar-refractivity contribution in [3.63, 3.8) is 0 Å². The molecule has 1 saturated heterocycles. The number of benzene rings is 1. The highest BCUT2D eigenvalue weighted by Crippen LogP contribution is 2.39. The van der Waals surface area contributed by atoms with Crippen molar-refractivity contribution in [2.24, 2.45) is 0 Å². The van der Waals surface area contributed by atoms with Gasteiger partial charge >= 0.3 is 0 Å².